The molecule has 1 fully saturated rings. The van der Waals surface area contributed by atoms with Crippen LogP contribution in [0.1, 0.15) is 30.2 Å². The zero-order valence-corrected chi connectivity index (χ0v) is 12.3. The Hall–Kier alpha value is -2.19. The summed E-state index contributed by atoms with van der Waals surface area (Å²) >= 11 is 0. The van der Waals surface area contributed by atoms with E-state index in [-0.39, 0.29) is 24.2 Å². The van der Waals surface area contributed by atoms with E-state index in [4.69, 9.17) is 9.84 Å². The van der Waals surface area contributed by atoms with Crippen LogP contribution < -0.4 is 10.1 Å². The van der Waals surface area contributed by atoms with Crippen LogP contribution in [0.25, 0.3) is 0 Å². The summed E-state index contributed by atoms with van der Waals surface area (Å²) in [5, 5.41) is 21.9. The second-order valence-corrected chi connectivity index (χ2v) is 5.67. The highest BCUT2D eigenvalue weighted by atomic mass is 19.1. The minimum absolute atomic E-state index is 0.0241. The highest BCUT2D eigenvalue weighted by Gasteiger charge is 2.37. The number of halogens is 1. The van der Waals surface area contributed by atoms with Gasteiger partial charge in [0, 0.05) is 36.7 Å². The number of ether oxygens (including phenoxy) is 1. The van der Waals surface area contributed by atoms with Gasteiger partial charge in [0.1, 0.15) is 6.23 Å². The van der Waals surface area contributed by atoms with Crippen LogP contribution in [-0.4, -0.2) is 46.2 Å². The average Bonchev–Trinajstić information content (AvgIpc) is 2.84. The van der Waals surface area contributed by atoms with E-state index in [9.17, 15) is 19.1 Å². The van der Waals surface area contributed by atoms with Crippen LogP contribution in [0, 0.1) is 5.82 Å². The van der Waals surface area contributed by atoms with Gasteiger partial charge in [-0.05, 0) is 12.5 Å². The fourth-order valence-electron chi connectivity index (χ4n) is 3.09. The maximum atomic E-state index is 14.0. The molecule has 7 nitrogen and oxygen atoms in total. The molecule has 0 saturated carbocycles. The summed E-state index contributed by atoms with van der Waals surface area (Å²) in [6.07, 6.45) is 0.0452. The van der Waals surface area contributed by atoms with E-state index in [1.807, 2.05) is 0 Å². The molecule has 3 N–H and O–H groups in total. The zero-order valence-electron chi connectivity index (χ0n) is 12.3. The normalized spacial score (nSPS) is 24.2. The van der Waals surface area contributed by atoms with E-state index in [2.05, 4.69) is 5.32 Å². The van der Waals surface area contributed by atoms with Gasteiger partial charge in [-0.3, -0.25) is 9.69 Å². The molecule has 1 amide bonds. The molecule has 0 bridgehead atoms. The maximum absolute atomic E-state index is 14.0. The molecule has 0 radical (unpaired) electrons. The second kappa shape index (κ2) is 6.13. The van der Waals surface area contributed by atoms with Gasteiger partial charge in [0.05, 0.1) is 0 Å². The summed E-state index contributed by atoms with van der Waals surface area (Å²) in [6, 6.07) is 2.57. The van der Waals surface area contributed by atoms with Gasteiger partial charge in [-0.2, -0.15) is 0 Å². The first-order valence-electron chi connectivity index (χ1n) is 7.33. The van der Waals surface area contributed by atoms with Crippen LogP contribution in [0.5, 0.6) is 5.75 Å². The molecule has 0 aromatic heterocycles. The van der Waals surface area contributed by atoms with E-state index in [0.29, 0.717) is 30.5 Å². The summed E-state index contributed by atoms with van der Waals surface area (Å²) in [5.74, 6) is -2.02. The molecule has 2 aliphatic rings. The first-order valence-corrected chi connectivity index (χ1v) is 7.33. The molecular formula is C15H17FN2O5. The lowest BCUT2D eigenvalue weighted by Crippen LogP contribution is -2.47. The third kappa shape index (κ3) is 2.99. The van der Waals surface area contributed by atoms with E-state index >= 15 is 0 Å². The van der Waals surface area contributed by atoms with Crippen molar-refractivity contribution in [2.24, 2.45) is 0 Å². The molecule has 2 heterocycles. The maximum Gasteiger partial charge on any atom is 0.341 e. The van der Waals surface area contributed by atoms with Crippen LogP contribution in [0.2, 0.25) is 0 Å². The van der Waals surface area contributed by atoms with Gasteiger partial charge in [0.15, 0.2) is 18.2 Å². The Morgan fingerprint density at radius 1 is 1.48 bits per heavy atom. The lowest BCUT2D eigenvalue weighted by atomic mass is 10.1. The lowest BCUT2D eigenvalue weighted by molar-refractivity contribution is -0.139. The van der Waals surface area contributed by atoms with Crippen molar-refractivity contribution < 1.29 is 28.9 Å². The molecule has 1 saturated heterocycles. The monoisotopic (exact) mass is 324 g/mol. The van der Waals surface area contributed by atoms with Gasteiger partial charge in [-0.25, -0.2) is 9.18 Å². The van der Waals surface area contributed by atoms with Crippen molar-refractivity contribution in [3.63, 3.8) is 0 Å². The van der Waals surface area contributed by atoms with Gasteiger partial charge >= 0.3 is 5.97 Å². The van der Waals surface area contributed by atoms with Gasteiger partial charge in [0.2, 0.25) is 5.91 Å². The minimum atomic E-state index is -1.20. The Bertz CT molecular complexity index is 641. The summed E-state index contributed by atoms with van der Waals surface area (Å²) in [4.78, 5) is 23.7. The number of hydrogen-bond donors (Lipinski definition) is 3. The number of carbonyl (C=O) groups excluding carboxylic acids is 1. The molecule has 2 atom stereocenters. The minimum Gasteiger partial charge on any atom is -0.479 e. The summed E-state index contributed by atoms with van der Waals surface area (Å²) in [6.45, 7) is 0.00435. The quantitative estimate of drug-likeness (QED) is 0.740. The highest BCUT2D eigenvalue weighted by molar-refractivity contribution is 5.76. The number of rotatable bonds is 4. The number of fused-ring (bicyclic) bond motifs is 1. The SMILES string of the molecule is O=C(O)COc1c(F)ccc2c1CN(C1CCC(=O)NC1)C2O. The number of nitrogens with one attached hydrogen (secondary N) is 1. The molecule has 8 heteroatoms. The molecule has 3 rings (SSSR count). The van der Waals surface area contributed by atoms with Crippen LogP contribution in [0.3, 0.4) is 0 Å². The fraction of sp³-hybridized carbons (Fsp3) is 0.467. The molecule has 23 heavy (non-hydrogen) atoms. The second-order valence-electron chi connectivity index (χ2n) is 5.67. The van der Waals surface area contributed by atoms with Crippen molar-refractivity contribution >= 4 is 11.9 Å². The molecule has 1 aromatic rings. The standard InChI is InChI=1S/C15H17FN2O5/c16-11-3-2-9-10(14(11)23-7-13(20)21)6-18(15(9)22)8-1-4-12(19)17-5-8/h2-3,8,15,22H,1,4-7H2,(H,17,19)(H,20,21). The lowest BCUT2D eigenvalue weighted by Gasteiger charge is -2.33. The van der Waals surface area contributed by atoms with Crippen molar-refractivity contribution in [3.8, 4) is 5.75 Å². The molecule has 124 valence electrons. The number of piperidine rings is 1. The van der Waals surface area contributed by atoms with Crippen molar-refractivity contribution in [2.75, 3.05) is 13.2 Å². The predicted molar refractivity (Wildman–Crippen MR) is 76.1 cm³/mol. The third-order valence-electron chi connectivity index (χ3n) is 4.23. The van der Waals surface area contributed by atoms with Gasteiger partial charge < -0.3 is 20.3 Å². The van der Waals surface area contributed by atoms with Crippen molar-refractivity contribution in [1.29, 1.82) is 0 Å². The fourth-order valence-corrected chi connectivity index (χ4v) is 3.09. The number of carboxylic acids is 1. The molecule has 1 aromatic carbocycles. The number of carboxylic acid groups (broad SMARTS) is 1. The number of nitrogens with zero attached hydrogens (tertiary/aromatic N) is 1. The molecule has 2 unspecified atom stereocenters. The average molecular weight is 324 g/mol. The van der Waals surface area contributed by atoms with Crippen LogP contribution in [0.4, 0.5) is 4.39 Å². The van der Waals surface area contributed by atoms with Crippen molar-refractivity contribution in [2.45, 2.75) is 31.7 Å². The van der Waals surface area contributed by atoms with E-state index < -0.39 is 24.6 Å². The van der Waals surface area contributed by atoms with E-state index in [1.165, 1.54) is 6.07 Å². The number of benzene rings is 1. The molecular weight excluding hydrogens is 307 g/mol. The first-order chi connectivity index (χ1) is 11.0. The molecule has 0 aliphatic carbocycles. The summed E-state index contributed by atoms with van der Waals surface area (Å²) in [5.41, 5.74) is 0.958. The van der Waals surface area contributed by atoms with Crippen LogP contribution >= 0.6 is 0 Å². The zero-order chi connectivity index (χ0) is 16.6. The predicted octanol–water partition coefficient (Wildman–Crippen LogP) is 0.374. The van der Waals surface area contributed by atoms with Gasteiger partial charge in [-0.15, -0.1) is 0 Å². The summed E-state index contributed by atoms with van der Waals surface area (Å²) in [7, 11) is 0. The van der Waals surface area contributed by atoms with Crippen molar-refractivity contribution in [3.05, 3.63) is 29.1 Å². The largest absolute Gasteiger partial charge is 0.479 e. The topological polar surface area (TPSA) is 99.1 Å². The number of amides is 1. The number of hydrogen-bond acceptors (Lipinski definition) is 5. The molecule has 0 spiro atoms. The van der Waals surface area contributed by atoms with E-state index in [0.717, 1.165) is 6.07 Å². The number of carbonyl (C=O) groups is 2. The Morgan fingerprint density at radius 2 is 2.26 bits per heavy atom. The van der Waals surface area contributed by atoms with Crippen LogP contribution in [0.15, 0.2) is 12.1 Å². The Labute approximate surface area is 131 Å². The smallest absolute Gasteiger partial charge is 0.341 e. The van der Waals surface area contributed by atoms with Crippen LogP contribution in [-0.2, 0) is 16.1 Å². The van der Waals surface area contributed by atoms with Gasteiger partial charge in [-0.1, -0.05) is 6.07 Å². The number of aliphatic hydroxyl groups excluding tert-OH is 1. The van der Waals surface area contributed by atoms with Crippen molar-refractivity contribution in [1.82, 2.24) is 10.2 Å². The summed E-state index contributed by atoms with van der Waals surface area (Å²) < 4.78 is 19.0. The number of aliphatic carboxylic acids is 1. The highest BCUT2D eigenvalue weighted by Crippen LogP contribution is 2.40. The molecule has 2 aliphatic heterocycles. The van der Waals surface area contributed by atoms with Gasteiger partial charge in [0.25, 0.3) is 0 Å². The Kier molecular flexibility index (Phi) is 4.18. The Balaban J connectivity index is 1.83. The van der Waals surface area contributed by atoms with E-state index in [1.54, 1.807) is 4.90 Å². The Morgan fingerprint density at radius 3 is 2.91 bits per heavy atom. The third-order valence-corrected chi connectivity index (χ3v) is 4.23. The first kappa shape index (κ1) is 15.7. The number of aliphatic hydroxyl groups is 1.